The molecule has 2 rings (SSSR count). The second kappa shape index (κ2) is 3.90. The lowest BCUT2D eigenvalue weighted by Gasteiger charge is -2.21. The van der Waals surface area contributed by atoms with Gasteiger partial charge in [-0.05, 0) is 13.8 Å². The van der Waals surface area contributed by atoms with E-state index in [-0.39, 0.29) is 17.3 Å². The summed E-state index contributed by atoms with van der Waals surface area (Å²) in [6.07, 6.45) is 0.592. The van der Waals surface area contributed by atoms with Crippen LogP contribution in [0.25, 0.3) is 0 Å². The van der Waals surface area contributed by atoms with E-state index < -0.39 is 0 Å². The molecule has 0 spiro atoms. The van der Waals surface area contributed by atoms with E-state index in [4.69, 9.17) is 4.74 Å². The standard InChI is InChI=1S/C11H16N2O3/c1-7(2)13-10(14)8-4-5-16-6-9(8)12(3)11(13)15/h7H,4-6H2,1-3H3. The third-order valence-electron chi connectivity index (χ3n) is 2.97. The molecule has 0 unspecified atom stereocenters. The first-order valence-corrected chi connectivity index (χ1v) is 5.45. The first-order chi connectivity index (χ1) is 7.54. The monoisotopic (exact) mass is 224 g/mol. The Kier molecular flexibility index (Phi) is 2.71. The lowest BCUT2D eigenvalue weighted by Crippen LogP contribution is -2.45. The molecule has 0 saturated carbocycles. The number of hydrogen-bond donors (Lipinski definition) is 0. The van der Waals surface area contributed by atoms with Gasteiger partial charge in [-0.2, -0.15) is 0 Å². The minimum Gasteiger partial charge on any atom is -0.375 e. The van der Waals surface area contributed by atoms with Crippen LogP contribution in [0.15, 0.2) is 9.59 Å². The largest absolute Gasteiger partial charge is 0.375 e. The lowest BCUT2D eigenvalue weighted by molar-refractivity contribution is 0.102. The van der Waals surface area contributed by atoms with Gasteiger partial charge >= 0.3 is 5.69 Å². The van der Waals surface area contributed by atoms with Crippen molar-refractivity contribution in [1.82, 2.24) is 9.13 Å². The van der Waals surface area contributed by atoms with Crippen molar-refractivity contribution in [2.45, 2.75) is 32.9 Å². The molecule has 0 amide bonds. The zero-order valence-corrected chi connectivity index (χ0v) is 9.82. The molecule has 0 atom stereocenters. The highest BCUT2D eigenvalue weighted by Gasteiger charge is 2.21. The van der Waals surface area contributed by atoms with Gasteiger partial charge in [-0.15, -0.1) is 0 Å². The number of nitrogens with zero attached hydrogens (tertiary/aromatic N) is 2. The molecule has 0 fully saturated rings. The number of rotatable bonds is 1. The Bertz CT molecular complexity index is 525. The van der Waals surface area contributed by atoms with Crippen molar-refractivity contribution in [1.29, 1.82) is 0 Å². The Labute approximate surface area is 93.3 Å². The van der Waals surface area contributed by atoms with E-state index in [2.05, 4.69) is 0 Å². The van der Waals surface area contributed by atoms with Crippen molar-refractivity contribution < 1.29 is 4.74 Å². The van der Waals surface area contributed by atoms with Gasteiger partial charge in [0.05, 0.1) is 18.9 Å². The van der Waals surface area contributed by atoms with E-state index in [0.717, 1.165) is 11.3 Å². The zero-order valence-electron chi connectivity index (χ0n) is 9.82. The van der Waals surface area contributed by atoms with E-state index in [1.807, 2.05) is 13.8 Å². The minimum absolute atomic E-state index is 0.112. The van der Waals surface area contributed by atoms with Crippen molar-refractivity contribution in [2.24, 2.45) is 7.05 Å². The summed E-state index contributed by atoms with van der Waals surface area (Å²) in [5.74, 6) is 0. The highest BCUT2D eigenvalue weighted by Crippen LogP contribution is 2.11. The molecule has 1 aromatic rings. The van der Waals surface area contributed by atoms with Crippen molar-refractivity contribution in [3.63, 3.8) is 0 Å². The molecule has 0 saturated heterocycles. The normalized spacial score (nSPS) is 15.2. The summed E-state index contributed by atoms with van der Waals surface area (Å²) in [4.78, 5) is 24.1. The lowest BCUT2D eigenvalue weighted by atomic mass is 10.1. The first kappa shape index (κ1) is 11.1. The van der Waals surface area contributed by atoms with Crippen LogP contribution in [0.3, 0.4) is 0 Å². The van der Waals surface area contributed by atoms with Gasteiger partial charge in [0, 0.05) is 25.1 Å². The summed E-state index contributed by atoms with van der Waals surface area (Å²) in [7, 11) is 1.69. The Hall–Kier alpha value is -1.36. The van der Waals surface area contributed by atoms with Crippen LogP contribution in [0.2, 0.25) is 0 Å². The molecule has 16 heavy (non-hydrogen) atoms. The Balaban J connectivity index is 2.81. The summed E-state index contributed by atoms with van der Waals surface area (Å²) in [5.41, 5.74) is 1.03. The summed E-state index contributed by atoms with van der Waals surface area (Å²) < 4.78 is 8.11. The summed E-state index contributed by atoms with van der Waals surface area (Å²) in [6, 6.07) is -0.112. The fraction of sp³-hybridized carbons (Fsp3) is 0.636. The predicted molar refractivity (Wildman–Crippen MR) is 59.7 cm³/mol. The molecule has 2 heterocycles. The number of hydrogen-bond acceptors (Lipinski definition) is 3. The van der Waals surface area contributed by atoms with Crippen LogP contribution in [-0.2, 0) is 24.8 Å². The molecular formula is C11H16N2O3. The molecular weight excluding hydrogens is 208 g/mol. The van der Waals surface area contributed by atoms with Gasteiger partial charge in [0.15, 0.2) is 0 Å². The van der Waals surface area contributed by atoms with Crippen LogP contribution in [-0.4, -0.2) is 15.7 Å². The molecule has 0 N–H and O–H groups in total. The van der Waals surface area contributed by atoms with Gasteiger partial charge in [0.25, 0.3) is 5.56 Å². The second-order valence-electron chi connectivity index (χ2n) is 4.34. The van der Waals surface area contributed by atoms with Gasteiger partial charge in [-0.1, -0.05) is 0 Å². The average Bonchev–Trinajstić information content (AvgIpc) is 2.26. The Morgan fingerprint density at radius 2 is 2.00 bits per heavy atom. The fourth-order valence-corrected chi connectivity index (χ4v) is 2.07. The summed E-state index contributed by atoms with van der Waals surface area (Å²) in [6.45, 7) is 4.59. The van der Waals surface area contributed by atoms with Crippen LogP contribution >= 0.6 is 0 Å². The fourth-order valence-electron chi connectivity index (χ4n) is 2.07. The highest BCUT2D eigenvalue weighted by molar-refractivity contribution is 5.19. The number of fused-ring (bicyclic) bond motifs is 1. The third kappa shape index (κ3) is 1.51. The van der Waals surface area contributed by atoms with Crippen LogP contribution in [0.4, 0.5) is 0 Å². The first-order valence-electron chi connectivity index (χ1n) is 5.45. The quantitative estimate of drug-likeness (QED) is 0.684. The average molecular weight is 224 g/mol. The van der Waals surface area contributed by atoms with Crippen LogP contribution in [0.5, 0.6) is 0 Å². The summed E-state index contributed by atoms with van der Waals surface area (Å²) in [5, 5.41) is 0. The van der Waals surface area contributed by atoms with Gasteiger partial charge in [-0.3, -0.25) is 13.9 Å². The van der Waals surface area contributed by atoms with Crippen LogP contribution < -0.4 is 11.2 Å². The molecule has 88 valence electrons. The Morgan fingerprint density at radius 1 is 1.31 bits per heavy atom. The number of aromatic nitrogens is 2. The molecule has 1 aliphatic heterocycles. The van der Waals surface area contributed by atoms with Gasteiger partial charge in [0.1, 0.15) is 0 Å². The molecule has 0 aromatic carbocycles. The van der Waals surface area contributed by atoms with Crippen molar-refractivity contribution in [3.05, 3.63) is 32.1 Å². The zero-order chi connectivity index (χ0) is 11.9. The third-order valence-corrected chi connectivity index (χ3v) is 2.97. The smallest absolute Gasteiger partial charge is 0.331 e. The topological polar surface area (TPSA) is 53.2 Å². The SMILES string of the molecule is CC(C)n1c(=O)c2c(n(C)c1=O)COCC2. The van der Waals surface area contributed by atoms with Gasteiger partial charge in [-0.25, -0.2) is 4.79 Å². The molecule has 1 aromatic heterocycles. The molecule has 0 bridgehead atoms. The highest BCUT2D eigenvalue weighted by atomic mass is 16.5. The van der Waals surface area contributed by atoms with Crippen molar-refractivity contribution in [3.8, 4) is 0 Å². The van der Waals surface area contributed by atoms with E-state index >= 15 is 0 Å². The van der Waals surface area contributed by atoms with Gasteiger partial charge < -0.3 is 4.74 Å². The van der Waals surface area contributed by atoms with E-state index in [0.29, 0.717) is 19.6 Å². The maximum atomic E-state index is 12.1. The van der Waals surface area contributed by atoms with Crippen molar-refractivity contribution in [2.75, 3.05) is 6.61 Å². The van der Waals surface area contributed by atoms with Crippen molar-refractivity contribution >= 4 is 0 Å². The molecule has 5 nitrogen and oxygen atoms in total. The Morgan fingerprint density at radius 3 is 2.62 bits per heavy atom. The molecule has 1 aliphatic rings. The molecule has 0 aliphatic carbocycles. The number of ether oxygens (including phenoxy) is 1. The van der Waals surface area contributed by atoms with Crippen LogP contribution in [0, 0.1) is 0 Å². The van der Waals surface area contributed by atoms with Gasteiger partial charge in [0.2, 0.25) is 0 Å². The minimum atomic E-state index is -0.260. The summed E-state index contributed by atoms with van der Waals surface area (Å²) >= 11 is 0. The second-order valence-corrected chi connectivity index (χ2v) is 4.34. The van der Waals surface area contributed by atoms with E-state index in [1.165, 1.54) is 9.13 Å². The predicted octanol–water partition coefficient (Wildman–Crippen LogP) is 0.201. The molecule has 5 heteroatoms. The van der Waals surface area contributed by atoms with Crippen LogP contribution in [0.1, 0.15) is 31.1 Å². The van der Waals surface area contributed by atoms with E-state index in [1.54, 1.807) is 7.05 Å². The maximum absolute atomic E-state index is 12.1. The molecule has 0 radical (unpaired) electrons. The maximum Gasteiger partial charge on any atom is 0.331 e. The van der Waals surface area contributed by atoms with E-state index in [9.17, 15) is 9.59 Å².